The average molecular weight is 238 g/mol. The third-order valence-corrected chi connectivity index (χ3v) is 4.24. The van der Waals surface area contributed by atoms with Gasteiger partial charge in [0.15, 0.2) is 0 Å². The van der Waals surface area contributed by atoms with Crippen LogP contribution in [0.4, 0.5) is 4.39 Å². The monoisotopic (exact) mass is 238 g/mol. The Bertz CT molecular complexity index is 465. The summed E-state index contributed by atoms with van der Waals surface area (Å²) in [7, 11) is 0. The molecule has 1 atom stereocenters. The van der Waals surface area contributed by atoms with Gasteiger partial charge in [-0.3, -0.25) is 10.1 Å². The van der Waals surface area contributed by atoms with Crippen molar-refractivity contribution >= 4 is 17.7 Å². The van der Waals surface area contributed by atoms with Crippen LogP contribution in [0.3, 0.4) is 0 Å². The highest BCUT2D eigenvalue weighted by Gasteiger charge is 2.46. The third-order valence-electron chi connectivity index (χ3n) is 3.16. The van der Waals surface area contributed by atoms with E-state index in [1.807, 2.05) is 0 Å². The average Bonchev–Trinajstić information content (AvgIpc) is 2.63. The van der Waals surface area contributed by atoms with Crippen molar-refractivity contribution in [1.82, 2.24) is 10.6 Å². The van der Waals surface area contributed by atoms with Crippen molar-refractivity contribution in [3.63, 3.8) is 0 Å². The lowest BCUT2D eigenvalue weighted by molar-refractivity contribution is -0.124. The van der Waals surface area contributed by atoms with Gasteiger partial charge in [0.25, 0.3) is 0 Å². The molecule has 3 nitrogen and oxygen atoms in total. The van der Waals surface area contributed by atoms with Crippen LogP contribution < -0.4 is 10.6 Å². The molecule has 1 spiro atoms. The van der Waals surface area contributed by atoms with Gasteiger partial charge in [0, 0.05) is 10.6 Å². The van der Waals surface area contributed by atoms with Gasteiger partial charge in [0.2, 0.25) is 5.91 Å². The molecule has 0 bridgehead atoms. The summed E-state index contributed by atoms with van der Waals surface area (Å²) in [5.41, 5.74) is 0.0709. The van der Waals surface area contributed by atoms with Crippen LogP contribution in [0.1, 0.15) is 12.0 Å². The second kappa shape index (κ2) is 3.46. The number of halogens is 1. The number of thioether (sulfide) groups is 1. The molecular formula is C11H11FN2OS. The van der Waals surface area contributed by atoms with Crippen molar-refractivity contribution < 1.29 is 9.18 Å². The van der Waals surface area contributed by atoms with E-state index in [-0.39, 0.29) is 11.7 Å². The highest BCUT2D eigenvalue weighted by atomic mass is 32.2. The summed E-state index contributed by atoms with van der Waals surface area (Å²) in [6.07, 6.45) is 0.708. The van der Waals surface area contributed by atoms with Gasteiger partial charge in [-0.25, -0.2) is 4.39 Å². The maximum atomic E-state index is 13.3. The molecule has 0 aromatic heterocycles. The van der Waals surface area contributed by atoms with Crippen LogP contribution in [-0.4, -0.2) is 18.3 Å². The molecule has 0 aliphatic carbocycles. The molecule has 1 unspecified atom stereocenters. The summed E-state index contributed by atoms with van der Waals surface area (Å²) in [5.74, 6) is 0.542. The number of carbonyl (C=O) groups is 1. The zero-order chi connectivity index (χ0) is 11.2. The number of hydrogen-bond donors (Lipinski definition) is 2. The minimum absolute atomic E-state index is 0.0420. The number of fused-ring (bicyclic) bond motifs is 2. The summed E-state index contributed by atoms with van der Waals surface area (Å²) in [5, 5.41) is 5.92. The molecule has 2 heterocycles. The molecule has 1 saturated heterocycles. The Balaban J connectivity index is 2.18. The van der Waals surface area contributed by atoms with E-state index in [9.17, 15) is 9.18 Å². The van der Waals surface area contributed by atoms with Gasteiger partial charge in [-0.15, -0.1) is 11.8 Å². The number of amides is 1. The van der Waals surface area contributed by atoms with Gasteiger partial charge in [-0.2, -0.15) is 0 Å². The Labute approximate surface area is 96.8 Å². The molecule has 3 rings (SSSR count). The van der Waals surface area contributed by atoms with E-state index in [4.69, 9.17) is 0 Å². The smallest absolute Gasteiger partial charge is 0.246 e. The minimum atomic E-state index is -0.706. The lowest BCUT2D eigenvalue weighted by atomic mass is 9.87. The number of hydrogen-bond acceptors (Lipinski definition) is 3. The molecule has 0 saturated carbocycles. The van der Waals surface area contributed by atoms with E-state index < -0.39 is 5.54 Å². The van der Waals surface area contributed by atoms with Gasteiger partial charge < -0.3 is 5.32 Å². The predicted octanol–water partition coefficient (Wildman–Crippen LogP) is 1.19. The molecular weight excluding hydrogens is 227 g/mol. The van der Waals surface area contributed by atoms with Gasteiger partial charge in [0.05, 0.1) is 6.67 Å². The number of rotatable bonds is 0. The first kappa shape index (κ1) is 10.1. The van der Waals surface area contributed by atoms with Crippen molar-refractivity contribution in [1.29, 1.82) is 0 Å². The molecule has 84 valence electrons. The number of nitrogens with one attached hydrogen (secondary N) is 2. The van der Waals surface area contributed by atoms with Crippen molar-refractivity contribution in [2.75, 3.05) is 12.4 Å². The maximum Gasteiger partial charge on any atom is 0.246 e. The summed E-state index contributed by atoms with van der Waals surface area (Å²) >= 11 is 1.67. The molecule has 16 heavy (non-hydrogen) atoms. The van der Waals surface area contributed by atoms with Gasteiger partial charge in [0.1, 0.15) is 11.4 Å². The first-order valence-electron chi connectivity index (χ1n) is 5.18. The van der Waals surface area contributed by atoms with Crippen LogP contribution in [0.25, 0.3) is 0 Å². The topological polar surface area (TPSA) is 41.1 Å². The van der Waals surface area contributed by atoms with E-state index >= 15 is 0 Å². The molecule has 2 aliphatic heterocycles. The molecule has 1 amide bonds. The molecule has 1 aromatic carbocycles. The second-order valence-corrected chi connectivity index (χ2v) is 5.14. The Kier molecular flexibility index (Phi) is 2.19. The first-order valence-corrected chi connectivity index (χ1v) is 6.17. The second-order valence-electron chi connectivity index (χ2n) is 4.00. The Morgan fingerprint density at radius 2 is 2.31 bits per heavy atom. The van der Waals surface area contributed by atoms with Gasteiger partial charge in [-0.05, 0) is 30.2 Å². The zero-order valence-electron chi connectivity index (χ0n) is 8.55. The highest BCUT2D eigenvalue weighted by molar-refractivity contribution is 7.99. The van der Waals surface area contributed by atoms with Crippen molar-refractivity contribution in [2.45, 2.75) is 16.9 Å². The van der Waals surface area contributed by atoms with E-state index in [2.05, 4.69) is 10.6 Å². The van der Waals surface area contributed by atoms with Crippen LogP contribution >= 0.6 is 11.8 Å². The number of carbonyl (C=O) groups excluding carboxylic acids is 1. The molecule has 0 radical (unpaired) electrons. The summed E-state index contributed by atoms with van der Waals surface area (Å²) in [4.78, 5) is 12.9. The van der Waals surface area contributed by atoms with Gasteiger partial charge in [-0.1, -0.05) is 0 Å². The molecule has 1 fully saturated rings. The van der Waals surface area contributed by atoms with Gasteiger partial charge >= 0.3 is 0 Å². The highest BCUT2D eigenvalue weighted by Crippen LogP contribution is 2.41. The summed E-state index contributed by atoms with van der Waals surface area (Å²) in [6, 6.07) is 4.67. The fourth-order valence-electron chi connectivity index (χ4n) is 2.34. The quantitative estimate of drug-likeness (QED) is 0.713. The van der Waals surface area contributed by atoms with Crippen LogP contribution in [-0.2, 0) is 10.3 Å². The lowest BCUT2D eigenvalue weighted by Crippen LogP contribution is -2.45. The van der Waals surface area contributed by atoms with Crippen LogP contribution in [0.5, 0.6) is 0 Å². The summed E-state index contributed by atoms with van der Waals surface area (Å²) < 4.78 is 13.3. The Morgan fingerprint density at radius 3 is 3.06 bits per heavy atom. The van der Waals surface area contributed by atoms with Crippen LogP contribution in [0, 0.1) is 5.82 Å². The zero-order valence-corrected chi connectivity index (χ0v) is 9.36. The van der Waals surface area contributed by atoms with Crippen LogP contribution in [0.2, 0.25) is 0 Å². The third kappa shape index (κ3) is 1.28. The van der Waals surface area contributed by atoms with Crippen molar-refractivity contribution in [2.24, 2.45) is 0 Å². The molecule has 2 aliphatic rings. The van der Waals surface area contributed by atoms with E-state index in [0.29, 0.717) is 13.1 Å². The fourth-order valence-corrected chi connectivity index (χ4v) is 3.52. The van der Waals surface area contributed by atoms with Crippen molar-refractivity contribution in [3.05, 3.63) is 29.6 Å². The maximum absolute atomic E-state index is 13.3. The molecule has 5 heteroatoms. The Morgan fingerprint density at radius 1 is 1.44 bits per heavy atom. The molecule has 1 aromatic rings. The Hall–Kier alpha value is -1.07. The first-order chi connectivity index (χ1) is 7.72. The van der Waals surface area contributed by atoms with Crippen LogP contribution in [0.15, 0.2) is 23.1 Å². The largest absolute Gasteiger partial charge is 0.342 e. The standard InChI is InChI=1S/C11H11FN2OS/c12-7-1-2-9-8(5-7)11(3-4-16-9)10(15)13-6-14-11/h1-2,5,14H,3-4,6H2,(H,13,15). The fraction of sp³-hybridized carbons (Fsp3) is 0.364. The summed E-state index contributed by atoms with van der Waals surface area (Å²) in [6.45, 7) is 0.458. The number of benzene rings is 1. The normalized spacial score (nSPS) is 27.9. The minimum Gasteiger partial charge on any atom is -0.342 e. The van der Waals surface area contributed by atoms with E-state index in [0.717, 1.165) is 16.2 Å². The van der Waals surface area contributed by atoms with Crippen molar-refractivity contribution in [3.8, 4) is 0 Å². The van der Waals surface area contributed by atoms with E-state index in [1.165, 1.54) is 12.1 Å². The van der Waals surface area contributed by atoms with E-state index in [1.54, 1.807) is 17.8 Å². The molecule has 2 N–H and O–H groups in total. The predicted molar refractivity (Wildman–Crippen MR) is 59.6 cm³/mol. The SMILES string of the molecule is O=C1NCNC12CCSc1ccc(F)cc12. The lowest BCUT2D eigenvalue weighted by Gasteiger charge is -2.32.